The van der Waals surface area contributed by atoms with Crippen molar-refractivity contribution in [2.24, 2.45) is 0 Å². The van der Waals surface area contributed by atoms with Crippen LogP contribution in [-0.4, -0.2) is 72.7 Å². The van der Waals surface area contributed by atoms with E-state index in [9.17, 15) is 45.3 Å². The van der Waals surface area contributed by atoms with Crippen molar-refractivity contribution in [3.63, 3.8) is 0 Å². The molecule has 1 aliphatic heterocycles. The van der Waals surface area contributed by atoms with Crippen LogP contribution in [0.3, 0.4) is 0 Å². The van der Waals surface area contributed by atoms with Gasteiger partial charge in [-0.3, -0.25) is 4.79 Å². The van der Waals surface area contributed by atoms with Gasteiger partial charge in [0.25, 0.3) is 0 Å². The summed E-state index contributed by atoms with van der Waals surface area (Å²) in [6.45, 7) is -0.780. The quantitative estimate of drug-likeness (QED) is 0.114. The van der Waals surface area contributed by atoms with Crippen molar-refractivity contribution >= 4 is 27.9 Å². The highest BCUT2D eigenvalue weighted by molar-refractivity contribution is 5.96. The van der Waals surface area contributed by atoms with Crippen molar-refractivity contribution in [2.75, 3.05) is 6.61 Å². The smallest absolute Gasteiger partial charge is 0.338 e. The van der Waals surface area contributed by atoms with E-state index in [1.54, 1.807) is 18.2 Å². The number of phenols is 4. The minimum atomic E-state index is -1.89. The molecule has 0 amide bonds. The number of aromatic hydroxyl groups is 4. The zero-order chi connectivity index (χ0) is 27.3. The van der Waals surface area contributed by atoms with Crippen LogP contribution < -0.4 is 5.43 Å². The maximum absolute atomic E-state index is 13.1. The number of esters is 1. The van der Waals surface area contributed by atoms with Crippen molar-refractivity contribution in [3.8, 4) is 23.0 Å². The molecule has 1 saturated heterocycles. The van der Waals surface area contributed by atoms with Crippen molar-refractivity contribution in [1.82, 2.24) is 0 Å². The van der Waals surface area contributed by atoms with E-state index in [4.69, 9.17) is 13.9 Å². The van der Waals surface area contributed by atoms with E-state index in [1.807, 2.05) is 0 Å². The average Bonchev–Trinajstić information content (AvgIpc) is 2.89. The third kappa shape index (κ3) is 4.05. The molecule has 12 nitrogen and oxygen atoms in total. The van der Waals surface area contributed by atoms with Crippen molar-refractivity contribution in [3.05, 3.63) is 69.9 Å². The van der Waals surface area contributed by atoms with Gasteiger partial charge in [0.1, 0.15) is 52.5 Å². The number of aliphatic hydroxyl groups excluding tert-OH is 3. The summed E-state index contributed by atoms with van der Waals surface area (Å²) in [5, 5.41) is 72.1. The average molecular weight is 526 g/mol. The first kappa shape index (κ1) is 25.3. The molecule has 1 fully saturated rings. The van der Waals surface area contributed by atoms with E-state index in [2.05, 4.69) is 0 Å². The fraction of sp³-hybridized carbons (Fsp3) is 0.231. The molecule has 5 atom stereocenters. The Balaban J connectivity index is 1.56. The fourth-order valence-electron chi connectivity index (χ4n) is 4.54. The molecule has 2 heterocycles. The highest BCUT2D eigenvalue weighted by Gasteiger charge is 2.48. The Labute approximate surface area is 212 Å². The SMILES string of the molecule is O=C(O[C@H]1[C@H](O)[C@@H](O)[C@H](c2c(O)cc3oc4cc(O)c(O)cc4c(=O)c3c2O)O[C@@H]1CO)c1ccccc1. The number of rotatable bonds is 4. The summed E-state index contributed by atoms with van der Waals surface area (Å²) in [5.74, 6) is -3.56. The van der Waals surface area contributed by atoms with Gasteiger partial charge in [-0.2, -0.15) is 0 Å². The zero-order valence-corrected chi connectivity index (χ0v) is 19.4. The molecule has 1 aliphatic rings. The second-order valence-electron chi connectivity index (χ2n) is 8.79. The Hall–Kier alpha value is -4.36. The van der Waals surface area contributed by atoms with Gasteiger partial charge >= 0.3 is 5.97 Å². The first-order valence-corrected chi connectivity index (χ1v) is 11.4. The molecule has 0 radical (unpaired) electrons. The lowest BCUT2D eigenvalue weighted by atomic mass is 9.89. The molecule has 0 aliphatic carbocycles. The number of hydrogen-bond acceptors (Lipinski definition) is 12. The third-order valence-electron chi connectivity index (χ3n) is 6.45. The van der Waals surface area contributed by atoms with Crippen LogP contribution in [0, 0.1) is 0 Å². The van der Waals surface area contributed by atoms with Crippen LogP contribution >= 0.6 is 0 Å². The molecule has 3 aromatic carbocycles. The summed E-state index contributed by atoms with van der Waals surface area (Å²) >= 11 is 0. The summed E-state index contributed by atoms with van der Waals surface area (Å²) in [7, 11) is 0. The number of hydrogen-bond donors (Lipinski definition) is 7. The van der Waals surface area contributed by atoms with Gasteiger partial charge in [-0.25, -0.2) is 4.79 Å². The molecule has 0 saturated carbocycles. The van der Waals surface area contributed by atoms with Crippen molar-refractivity contribution in [2.45, 2.75) is 30.5 Å². The molecule has 5 rings (SSSR count). The number of ether oxygens (including phenoxy) is 2. The molecular weight excluding hydrogens is 504 g/mol. The first-order valence-electron chi connectivity index (χ1n) is 11.4. The van der Waals surface area contributed by atoms with Crippen molar-refractivity contribution < 1.29 is 54.4 Å². The number of aliphatic hydroxyl groups is 3. The second-order valence-corrected chi connectivity index (χ2v) is 8.79. The Morgan fingerprint density at radius 3 is 2.24 bits per heavy atom. The Morgan fingerprint density at radius 2 is 1.55 bits per heavy atom. The van der Waals surface area contributed by atoms with Crippen LogP contribution in [-0.2, 0) is 9.47 Å². The lowest BCUT2D eigenvalue weighted by Gasteiger charge is -2.42. The molecule has 12 heteroatoms. The summed E-state index contributed by atoms with van der Waals surface area (Å²) in [4.78, 5) is 25.7. The normalized spacial score (nSPS) is 23.5. The van der Waals surface area contributed by atoms with E-state index in [0.29, 0.717) is 0 Å². The molecule has 1 aromatic heterocycles. The third-order valence-corrected chi connectivity index (χ3v) is 6.45. The number of carbonyl (C=O) groups excluding carboxylic acids is 1. The largest absolute Gasteiger partial charge is 0.507 e. The van der Waals surface area contributed by atoms with Crippen LogP contribution in [0.25, 0.3) is 21.9 Å². The molecule has 38 heavy (non-hydrogen) atoms. The van der Waals surface area contributed by atoms with Gasteiger partial charge < -0.3 is 49.6 Å². The van der Waals surface area contributed by atoms with E-state index in [-0.39, 0.29) is 22.1 Å². The number of phenolic OH excluding ortho intramolecular Hbond substituents is 4. The minimum absolute atomic E-state index is 0.142. The molecule has 0 bridgehead atoms. The molecule has 4 aromatic rings. The van der Waals surface area contributed by atoms with Gasteiger partial charge in [0.2, 0.25) is 5.43 Å². The standard InChI is InChI=1S/C26H22O12/c27-9-17-24(38-26(35)10-4-2-1-3-5-10)22(33)23(34)25(37-17)18-14(30)8-16-19(21(18)32)20(31)11-6-12(28)13(29)7-15(11)36-16/h1-8,17,22-25,27-30,32-34H,9H2/t17-,22-,23-,24-,25+/m1/s1. The maximum Gasteiger partial charge on any atom is 0.338 e. The van der Waals surface area contributed by atoms with E-state index in [1.165, 1.54) is 12.1 Å². The van der Waals surface area contributed by atoms with Gasteiger partial charge in [-0.1, -0.05) is 18.2 Å². The topological polar surface area (TPSA) is 207 Å². The van der Waals surface area contributed by atoms with Crippen LogP contribution in [0.2, 0.25) is 0 Å². The minimum Gasteiger partial charge on any atom is -0.507 e. The maximum atomic E-state index is 13.1. The number of carbonyl (C=O) groups is 1. The number of fused-ring (bicyclic) bond motifs is 2. The van der Waals surface area contributed by atoms with Gasteiger partial charge in [0.15, 0.2) is 17.6 Å². The van der Waals surface area contributed by atoms with E-state index in [0.717, 1.165) is 18.2 Å². The van der Waals surface area contributed by atoms with Crippen LogP contribution in [0.4, 0.5) is 0 Å². The second kappa shape index (κ2) is 9.50. The van der Waals surface area contributed by atoms with E-state index >= 15 is 0 Å². The predicted molar refractivity (Wildman–Crippen MR) is 129 cm³/mol. The summed E-state index contributed by atoms with van der Waals surface area (Å²) in [6.07, 6.45) is -8.32. The molecule has 198 valence electrons. The Morgan fingerprint density at radius 1 is 0.895 bits per heavy atom. The van der Waals surface area contributed by atoms with Gasteiger partial charge in [0.05, 0.1) is 23.1 Å². The Kier molecular flexibility index (Phi) is 6.33. The summed E-state index contributed by atoms with van der Waals surface area (Å²) in [5.41, 5.74) is -1.61. The van der Waals surface area contributed by atoms with Crippen LogP contribution in [0.15, 0.2) is 57.7 Å². The van der Waals surface area contributed by atoms with Crippen LogP contribution in [0.1, 0.15) is 22.0 Å². The highest BCUT2D eigenvalue weighted by atomic mass is 16.6. The number of benzene rings is 3. The predicted octanol–water partition coefficient (Wildman–Crippen LogP) is 1.15. The summed E-state index contributed by atoms with van der Waals surface area (Å²) in [6, 6.07) is 10.7. The lowest BCUT2D eigenvalue weighted by Crippen LogP contribution is -2.57. The van der Waals surface area contributed by atoms with Gasteiger partial charge in [-0.05, 0) is 18.2 Å². The molecular formula is C26H22O12. The van der Waals surface area contributed by atoms with Crippen molar-refractivity contribution in [1.29, 1.82) is 0 Å². The molecule has 7 N–H and O–H groups in total. The van der Waals surface area contributed by atoms with Gasteiger partial charge in [-0.15, -0.1) is 0 Å². The highest BCUT2D eigenvalue weighted by Crippen LogP contribution is 2.45. The zero-order valence-electron chi connectivity index (χ0n) is 19.4. The first-order chi connectivity index (χ1) is 18.1. The molecule has 0 unspecified atom stereocenters. The lowest BCUT2D eigenvalue weighted by molar-refractivity contribution is -0.232. The van der Waals surface area contributed by atoms with Gasteiger partial charge in [0, 0.05) is 12.1 Å². The monoisotopic (exact) mass is 526 g/mol. The fourth-order valence-corrected chi connectivity index (χ4v) is 4.54. The van der Waals surface area contributed by atoms with E-state index < -0.39 is 82.5 Å². The Bertz CT molecular complexity index is 1590. The summed E-state index contributed by atoms with van der Waals surface area (Å²) < 4.78 is 16.5. The van der Waals surface area contributed by atoms with Crippen LogP contribution in [0.5, 0.6) is 23.0 Å². The molecule has 0 spiro atoms.